The van der Waals surface area contributed by atoms with E-state index in [0.29, 0.717) is 0 Å². The largest absolute Gasteiger partial charge is 0.490 e. The van der Waals surface area contributed by atoms with Gasteiger partial charge in [-0.05, 0) is 37.6 Å². The van der Waals surface area contributed by atoms with Crippen LogP contribution in [-0.2, 0) is 4.74 Å². The molecule has 0 aliphatic heterocycles. The van der Waals surface area contributed by atoms with E-state index < -0.39 is 46.1 Å². The summed E-state index contributed by atoms with van der Waals surface area (Å²) < 4.78 is 58.9. The Labute approximate surface area is 160 Å². The van der Waals surface area contributed by atoms with Gasteiger partial charge in [-0.3, -0.25) is 0 Å². The minimum atomic E-state index is -1.75. The van der Waals surface area contributed by atoms with E-state index in [4.69, 9.17) is 14.2 Å². The molecule has 28 heavy (non-hydrogen) atoms. The molecule has 0 aromatic heterocycles. The van der Waals surface area contributed by atoms with Gasteiger partial charge in [0.15, 0.2) is 11.6 Å². The van der Waals surface area contributed by atoms with Crippen LogP contribution in [0.15, 0.2) is 43.5 Å². The molecule has 0 fully saturated rings. The average molecular weight is 392 g/mol. The molecule has 0 spiro atoms. The van der Waals surface area contributed by atoms with Crippen molar-refractivity contribution in [2.75, 3.05) is 7.11 Å². The molecule has 0 amide bonds. The molecule has 2 rings (SSSR count). The standard InChI is InChI=1S/C21H19F3O4/c1-6-12-8-10-13(11-9-12)27-19-17(24)15(22)14(16(23)18(19)26-5)20(25)28-21(3,4)7-2/h6-11H,1-2H2,3-5H3. The molecule has 0 aliphatic carbocycles. The van der Waals surface area contributed by atoms with Crippen molar-refractivity contribution in [2.24, 2.45) is 0 Å². The zero-order valence-electron chi connectivity index (χ0n) is 15.6. The van der Waals surface area contributed by atoms with Crippen molar-refractivity contribution in [3.05, 3.63) is 72.1 Å². The number of rotatable bonds is 7. The van der Waals surface area contributed by atoms with E-state index in [-0.39, 0.29) is 5.75 Å². The van der Waals surface area contributed by atoms with Crippen LogP contribution in [0, 0.1) is 17.5 Å². The normalized spacial score (nSPS) is 10.9. The van der Waals surface area contributed by atoms with Crippen molar-refractivity contribution in [3.63, 3.8) is 0 Å². The van der Waals surface area contributed by atoms with E-state index in [1.165, 1.54) is 32.1 Å². The zero-order valence-corrected chi connectivity index (χ0v) is 15.6. The number of methoxy groups -OCH3 is 1. The predicted octanol–water partition coefficient (Wildman–Crippen LogP) is 5.67. The maximum atomic E-state index is 14.8. The number of esters is 1. The molecule has 7 heteroatoms. The first kappa shape index (κ1) is 21.1. The number of ether oxygens (including phenoxy) is 3. The van der Waals surface area contributed by atoms with Gasteiger partial charge in [0.2, 0.25) is 17.3 Å². The SMILES string of the molecule is C=Cc1ccc(Oc2c(F)c(F)c(C(=O)OC(C)(C)C=C)c(F)c2OC)cc1. The Morgan fingerprint density at radius 2 is 1.61 bits per heavy atom. The highest BCUT2D eigenvalue weighted by Crippen LogP contribution is 2.40. The van der Waals surface area contributed by atoms with Gasteiger partial charge in [0, 0.05) is 0 Å². The highest BCUT2D eigenvalue weighted by molar-refractivity contribution is 5.91. The van der Waals surface area contributed by atoms with E-state index in [1.807, 2.05) is 0 Å². The van der Waals surface area contributed by atoms with Crippen molar-refractivity contribution in [1.29, 1.82) is 0 Å². The lowest BCUT2D eigenvalue weighted by molar-refractivity contribution is 0.0162. The molecule has 0 N–H and O–H groups in total. The summed E-state index contributed by atoms with van der Waals surface area (Å²) in [5.41, 5.74) is -1.68. The van der Waals surface area contributed by atoms with Crippen LogP contribution in [0.4, 0.5) is 13.2 Å². The van der Waals surface area contributed by atoms with Gasteiger partial charge >= 0.3 is 5.97 Å². The third-order valence-corrected chi connectivity index (χ3v) is 3.83. The summed E-state index contributed by atoms with van der Waals surface area (Å²) in [6.07, 6.45) is 2.84. The second-order valence-corrected chi connectivity index (χ2v) is 6.25. The Balaban J connectivity index is 2.53. The molecular formula is C21H19F3O4. The molecule has 0 atom stereocenters. The Morgan fingerprint density at radius 1 is 1.00 bits per heavy atom. The van der Waals surface area contributed by atoms with Gasteiger partial charge in [0.1, 0.15) is 16.9 Å². The van der Waals surface area contributed by atoms with E-state index >= 15 is 0 Å². The lowest BCUT2D eigenvalue weighted by Crippen LogP contribution is -2.27. The molecule has 0 unspecified atom stereocenters. The van der Waals surface area contributed by atoms with Crippen LogP contribution in [0.5, 0.6) is 17.2 Å². The molecule has 148 valence electrons. The molecule has 2 aromatic rings. The number of carbonyl (C=O) groups excluding carboxylic acids is 1. The molecule has 4 nitrogen and oxygen atoms in total. The van der Waals surface area contributed by atoms with Crippen molar-refractivity contribution in [1.82, 2.24) is 0 Å². The molecule has 0 saturated carbocycles. The fourth-order valence-corrected chi connectivity index (χ4v) is 2.19. The average Bonchev–Trinajstić information content (AvgIpc) is 2.66. The quantitative estimate of drug-likeness (QED) is 0.346. The van der Waals surface area contributed by atoms with Gasteiger partial charge in [-0.2, -0.15) is 4.39 Å². The van der Waals surface area contributed by atoms with Crippen LogP contribution in [-0.4, -0.2) is 18.7 Å². The third-order valence-electron chi connectivity index (χ3n) is 3.83. The predicted molar refractivity (Wildman–Crippen MR) is 99.2 cm³/mol. The first-order valence-electron chi connectivity index (χ1n) is 8.17. The lowest BCUT2D eigenvalue weighted by Gasteiger charge is -2.22. The number of benzene rings is 2. The van der Waals surface area contributed by atoms with Crippen LogP contribution in [0.3, 0.4) is 0 Å². The Hall–Kier alpha value is -3.22. The topological polar surface area (TPSA) is 44.8 Å². The van der Waals surface area contributed by atoms with E-state index in [9.17, 15) is 18.0 Å². The van der Waals surface area contributed by atoms with Crippen LogP contribution < -0.4 is 9.47 Å². The van der Waals surface area contributed by atoms with Crippen molar-refractivity contribution < 1.29 is 32.2 Å². The number of hydrogen-bond donors (Lipinski definition) is 0. The molecule has 0 bridgehead atoms. The van der Waals surface area contributed by atoms with Gasteiger partial charge in [-0.1, -0.05) is 31.4 Å². The van der Waals surface area contributed by atoms with Gasteiger partial charge in [-0.15, -0.1) is 0 Å². The maximum absolute atomic E-state index is 14.8. The zero-order chi connectivity index (χ0) is 21.1. The first-order valence-corrected chi connectivity index (χ1v) is 8.17. The fraction of sp³-hybridized carbons (Fsp3) is 0.190. The van der Waals surface area contributed by atoms with Crippen LogP contribution >= 0.6 is 0 Å². The minimum Gasteiger partial charge on any atom is -0.490 e. The van der Waals surface area contributed by atoms with E-state index in [0.717, 1.165) is 12.7 Å². The monoisotopic (exact) mass is 392 g/mol. The summed E-state index contributed by atoms with van der Waals surface area (Å²) in [6.45, 7) is 9.96. The summed E-state index contributed by atoms with van der Waals surface area (Å²) in [5, 5.41) is 0. The Morgan fingerprint density at radius 3 is 2.11 bits per heavy atom. The fourth-order valence-electron chi connectivity index (χ4n) is 2.19. The highest BCUT2D eigenvalue weighted by atomic mass is 19.2. The van der Waals surface area contributed by atoms with Gasteiger partial charge in [0.25, 0.3) is 0 Å². The van der Waals surface area contributed by atoms with Gasteiger partial charge in [0.05, 0.1) is 7.11 Å². The van der Waals surface area contributed by atoms with Gasteiger partial charge < -0.3 is 14.2 Å². The van der Waals surface area contributed by atoms with E-state index in [1.54, 1.807) is 18.2 Å². The molecule has 2 aromatic carbocycles. The maximum Gasteiger partial charge on any atom is 0.345 e. The molecular weight excluding hydrogens is 373 g/mol. The third kappa shape index (κ3) is 4.19. The van der Waals surface area contributed by atoms with Crippen LogP contribution in [0.25, 0.3) is 6.08 Å². The first-order chi connectivity index (χ1) is 13.1. The highest BCUT2D eigenvalue weighted by Gasteiger charge is 2.34. The summed E-state index contributed by atoms with van der Waals surface area (Å²) in [4.78, 5) is 12.2. The molecule has 0 heterocycles. The summed E-state index contributed by atoms with van der Waals surface area (Å²) >= 11 is 0. The Kier molecular flexibility index (Phi) is 6.18. The van der Waals surface area contributed by atoms with E-state index in [2.05, 4.69) is 13.2 Å². The number of halogens is 3. The summed E-state index contributed by atoms with van der Waals surface area (Å²) in [6, 6.07) is 6.14. The molecule has 0 aliphatic rings. The second kappa shape index (κ2) is 8.21. The molecule has 0 saturated heterocycles. The van der Waals surface area contributed by atoms with Crippen LogP contribution in [0.1, 0.15) is 29.8 Å². The van der Waals surface area contributed by atoms with Crippen LogP contribution in [0.2, 0.25) is 0 Å². The smallest absolute Gasteiger partial charge is 0.345 e. The van der Waals surface area contributed by atoms with Crippen molar-refractivity contribution in [2.45, 2.75) is 19.4 Å². The number of carbonyl (C=O) groups is 1. The summed E-state index contributed by atoms with van der Waals surface area (Å²) in [5.74, 6) is -7.68. The second-order valence-electron chi connectivity index (χ2n) is 6.25. The Bertz CT molecular complexity index is 918. The molecule has 0 radical (unpaired) electrons. The van der Waals surface area contributed by atoms with Gasteiger partial charge in [-0.25, -0.2) is 13.6 Å². The summed E-state index contributed by atoms with van der Waals surface area (Å²) in [7, 11) is 1.03. The van der Waals surface area contributed by atoms with Crippen molar-refractivity contribution >= 4 is 12.0 Å². The number of hydrogen-bond acceptors (Lipinski definition) is 4. The van der Waals surface area contributed by atoms with Crippen molar-refractivity contribution in [3.8, 4) is 17.2 Å². The minimum absolute atomic E-state index is 0.102. The lowest BCUT2D eigenvalue weighted by atomic mass is 10.1.